The average Bonchev–Trinajstić information content (AvgIpc) is 3.29. The van der Waals surface area contributed by atoms with E-state index in [0.29, 0.717) is 34.8 Å². The minimum atomic E-state index is -0.261. The van der Waals surface area contributed by atoms with Crippen LogP contribution in [-0.2, 0) is 4.79 Å². The molecule has 6 nitrogen and oxygen atoms in total. The molecule has 2 N–H and O–H groups in total. The van der Waals surface area contributed by atoms with Gasteiger partial charge >= 0.3 is 0 Å². The van der Waals surface area contributed by atoms with E-state index in [1.807, 2.05) is 24.0 Å². The fourth-order valence-electron chi connectivity index (χ4n) is 4.80. The molecule has 0 aliphatic carbocycles. The third-order valence-corrected chi connectivity index (χ3v) is 7.15. The van der Waals surface area contributed by atoms with E-state index in [2.05, 4.69) is 16.3 Å². The van der Waals surface area contributed by atoms with Gasteiger partial charge in [0, 0.05) is 29.7 Å². The van der Waals surface area contributed by atoms with Crippen molar-refractivity contribution in [1.82, 2.24) is 15.1 Å². The van der Waals surface area contributed by atoms with Crippen molar-refractivity contribution >= 4 is 23.4 Å². The summed E-state index contributed by atoms with van der Waals surface area (Å²) < 4.78 is 0. The number of phenolic OH excluding ortho intramolecular Hbond substituents is 1. The molecule has 2 fully saturated rings. The minimum Gasteiger partial charge on any atom is -0.508 e. The van der Waals surface area contributed by atoms with Crippen LogP contribution in [0.3, 0.4) is 0 Å². The molecule has 0 aromatic heterocycles. The predicted octanol–water partition coefficient (Wildman–Crippen LogP) is 3.56. The molecule has 4 rings (SSSR count). The van der Waals surface area contributed by atoms with Crippen LogP contribution in [0.25, 0.3) is 0 Å². The largest absolute Gasteiger partial charge is 0.508 e. The van der Waals surface area contributed by atoms with Gasteiger partial charge in [0.05, 0.1) is 6.54 Å². The number of piperidine rings is 1. The number of amides is 2. The number of likely N-dealkylation sites (tertiary alicyclic amines) is 2. The van der Waals surface area contributed by atoms with E-state index in [1.54, 1.807) is 24.3 Å². The molecule has 0 radical (unpaired) electrons. The van der Waals surface area contributed by atoms with E-state index in [-0.39, 0.29) is 18.4 Å². The van der Waals surface area contributed by atoms with Crippen molar-refractivity contribution in [3.63, 3.8) is 0 Å². The summed E-state index contributed by atoms with van der Waals surface area (Å²) in [4.78, 5) is 29.4. The van der Waals surface area contributed by atoms with E-state index in [4.69, 9.17) is 11.6 Å². The van der Waals surface area contributed by atoms with Gasteiger partial charge in [-0.25, -0.2) is 0 Å². The smallest absolute Gasteiger partial charge is 0.251 e. The van der Waals surface area contributed by atoms with Crippen molar-refractivity contribution in [2.75, 3.05) is 32.7 Å². The number of hydrogen-bond donors (Lipinski definition) is 2. The topological polar surface area (TPSA) is 72.9 Å². The van der Waals surface area contributed by atoms with Gasteiger partial charge in [0.1, 0.15) is 5.75 Å². The highest BCUT2D eigenvalue weighted by atomic mass is 35.5. The van der Waals surface area contributed by atoms with Gasteiger partial charge in [-0.1, -0.05) is 23.7 Å². The fraction of sp³-hybridized carbons (Fsp3) is 0.440. The van der Waals surface area contributed by atoms with Gasteiger partial charge in [-0.3, -0.25) is 14.5 Å². The van der Waals surface area contributed by atoms with Gasteiger partial charge in [0.2, 0.25) is 5.91 Å². The highest BCUT2D eigenvalue weighted by Crippen LogP contribution is 2.31. The fourth-order valence-corrected chi connectivity index (χ4v) is 4.92. The Morgan fingerprint density at radius 2 is 1.88 bits per heavy atom. The summed E-state index contributed by atoms with van der Waals surface area (Å²) in [5, 5.41) is 13.1. The number of nitrogens with one attached hydrogen (secondary N) is 1. The standard InChI is InChI=1S/C25H30ClN3O3/c1-17-13-20(5-6-23(17)26)25(32)27-15-24(31)29-12-9-21(16-29)28-10-7-18(8-11-28)19-3-2-4-22(30)14-19/h2-6,13-14,18,21,30H,7-12,15-16H2,1H3,(H,27,32). The molecule has 0 spiro atoms. The Kier molecular flexibility index (Phi) is 7.01. The number of aromatic hydroxyl groups is 1. The van der Waals surface area contributed by atoms with E-state index >= 15 is 0 Å². The Morgan fingerprint density at radius 3 is 2.59 bits per heavy atom. The number of carbonyl (C=O) groups excluding carboxylic acids is 2. The first-order chi connectivity index (χ1) is 15.4. The van der Waals surface area contributed by atoms with Crippen molar-refractivity contribution in [3.05, 3.63) is 64.2 Å². The highest BCUT2D eigenvalue weighted by molar-refractivity contribution is 6.31. The third-order valence-electron chi connectivity index (χ3n) is 6.72. The zero-order valence-corrected chi connectivity index (χ0v) is 19.1. The monoisotopic (exact) mass is 455 g/mol. The maximum Gasteiger partial charge on any atom is 0.251 e. The second-order valence-electron chi connectivity index (χ2n) is 8.83. The van der Waals surface area contributed by atoms with Crippen LogP contribution in [0.4, 0.5) is 0 Å². The maximum atomic E-state index is 12.6. The summed E-state index contributed by atoms with van der Waals surface area (Å²) in [7, 11) is 0. The number of benzene rings is 2. The van der Waals surface area contributed by atoms with Gasteiger partial charge in [0.25, 0.3) is 5.91 Å². The zero-order valence-electron chi connectivity index (χ0n) is 18.4. The Labute approximate surface area is 194 Å². The number of hydrogen-bond acceptors (Lipinski definition) is 4. The van der Waals surface area contributed by atoms with Crippen LogP contribution < -0.4 is 5.32 Å². The number of carbonyl (C=O) groups is 2. The lowest BCUT2D eigenvalue weighted by Crippen LogP contribution is -2.44. The number of halogens is 1. The lowest BCUT2D eigenvalue weighted by molar-refractivity contribution is -0.129. The molecule has 2 aromatic carbocycles. The van der Waals surface area contributed by atoms with Crippen molar-refractivity contribution < 1.29 is 14.7 Å². The van der Waals surface area contributed by atoms with Gasteiger partial charge in [-0.05, 0) is 86.7 Å². The summed E-state index contributed by atoms with van der Waals surface area (Å²) in [5.74, 6) is 0.501. The molecule has 2 amide bonds. The zero-order chi connectivity index (χ0) is 22.7. The second-order valence-corrected chi connectivity index (χ2v) is 9.24. The van der Waals surface area contributed by atoms with Gasteiger partial charge in [0.15, 0.2) is 0 Å². The number of phenols is 1. The average molecular weight is 456 g/mol. The molecule has 2 aromatic rings. The summed E-state index contributed by atoms with van der Waals surface area (Å²) in [6.45, 7) is 5.30. The van der Waals surface area contributed by atoms with Crippen LogP contribution in [0.5, 0.6) is 5.75 Å². The Hall–Kier alpha value is -2.57. The molecule has 2 heterocycles. The van der Waals surface area contributed by atoms with E-state index < -0.39 is 0 Å². The molecule has 32 heavy (non-hydrogen) atoms. The number of rotatable bonds is 5. The first-order valence-corrected chi connectivity index (χ1v) is 11.6. The first-order valence-electron chi connectivity index (χ1n) is 11.3. The molecule has 7 heteroatoms. The summed E-state index contributed by atoms with van der Waals surface area (Å²) in [5.41, 5.74) is 2.55. The van der Waals surface area contributed by atoms with Gasteiger partial charge < -0.3 is 15.3 Å². The Morgan fingerprint density at radius 1 is 1.09 bits per heavy atom. The number of aryl methyl sites for hydroxylation is 1. The van der Waals surface area contributed by atoms with Crippen LogP contribution >= 0.6 is 11.6 Å². The van der Waals surface area contributed by atoms with Crippen molar-refractivity contribution in [3.8, 4) is 5.75 Å². The predicted molar refractivity (Wildman–Crippen MR) is 125 cm³/mol. The van der Waals surface area contributed by atoms with E-state index in [9.17, 15) is 14.7 Å². The summed E-state index contributed by atoms with van der Waals surface area (Å²) >= 11 is 6.02. The Bertz CT molecular complexity index is 988. The van der Waals surface area contributed by atoms with Gasteiger partial charge in [-0.2, -0.15) is 0 Å². The Balaban J connectivity index is 1.23. The van der Waals surface area contributed by atoms with Crippen LogP contribution in [0, 0.1) is 6.92 Å². The normalized spacial score (nSPS) is 19.8. The molecule has 0 saturated carbocycles. The second kappa shape index (κ2) is 9.92. The summed E-state index contributed by atoms with van der Waals surface area (Å²) in [6, 6.07) is 13.1. The molecular weight excluding hydrogens is 426 g/mol. The van der Waals surface area contributed by atoms with Crippen LogP contribution in [-0.4, -0.2) is 65.5 Å². The SMILES string of the molecule is Cc1cc(C(=O)NCC(=O)N2CCC(N3CCC(c4cccc(O)c4)CC3)C2)ccc1Cl. The van der Waals surface area contributed by atoms with E-state index in [0.717, 1.165) is 44.5 Å². The van der Waals surface area contributed by atoms with Gasteiger partial charge in [-0.15, -0.1) is 0 Å². The van der Waals surface area contributed by atoms with Crippen molar-refractivity contribution in [1.29, 1.82) is 0 Å². The van der Waals surface area contributed by atoms with Crippen LogP contribution in [0.2, 0.25) is 5.02 Å². The molecule has 1 unspecified atom stereocenters. The molecule has 2 aliphatic heterocycles. The van der Waals surface area contributed by atoms with Crippen LogP contribution in [0.1, 0.15) is 46.7 Å². The molecule has 170 valence electrons. The third kappa shape index (κ3) is 5.25. The molecule has 1 atom stereocenters. The molecule has 2 aliphatic rings. The molecule has 2 saturated heterocycles. The molecular formula is C25H30ClN3O3. The first kappa shape index (κ1) is 22.6. The number of nitrogens with zero attached hydrogens (tertiary/aromatic N) is 2. The minimum absolute atomic E-state index is 0.00675. The van der Waals surface area contributed by atoms with Crippen LogP contribution in [0.15, 0.2) is 42.5 Å². The summed E-state index contributed by atoms with van der Waals surface area (Å²) in [6.07, 6.45) is 3.09. The quantitative estimate of drug-likeness (QED) is 0.723. The maximum absolute atomic E-state index is 12.6. The van der Waals surface area contributed by atoms with E-state index in [1.165, 1.54) is 5.56 Å². The highest BCUT2D eigenvalue weighted by Gasteiger charge is 2.32. The van der Waals surface area contributed by atoms with Crippen molar-refractivity contribution in [2.24, 2.45) is 0 Å². The van der Waals surface area contributed by atoms with Crippen molar-refractivity contribution in [2.45, 2.75) is 38.1 Å². The molecule has 0 bridgehead atoms. The lowest BCUT2D eigenvalue weighted by atomic mass is 9.88. The lowest BCUT2D eigenvalue weighted by Gasteiger charge is -2.36.